The first-order valence-electron chi connectivity index (χ1n) is 8.64. The lowest BCUT2D eigenvalue weighted by atomic mass is 10.1. The lowest BCUT2D eigenvalue weighted by molar-refractivity contribution is -0.117. The van der Waals surface area contributed by atoms with Gasteiger partial charge in [-0.2, -0.15) is 0 Å². The van der Waals surface area contributed by atoms with E-state index < -0.39 is 17.1 Å². The first-order valence-corrected chi connectivity index (χ1v) is 9.90. The second-order valence-electron chi connectivity index (χ2n) is 6.26. The van der Waals surface area contributed by atoms with E-state index in [0.29, 0.717) is 21.1 Å². The average Bonchev–Trinajstić information content (AvgIpc) is 2.71. The number of thioether (sulfide) groups is 1. The Kier molecular flexibility index (Phi) is 6.24. The molecule has 0 spiro atoms. The minimum atomic E-state index is -0.611. The van der Waals surface area contributed by atoms with E-state index in [0.717, 1.165) is 17.3 Å². The van der Waals surface area contributed by atoms with Crippen molar-refractivity contribution in [1.82, 2.24) is 9.55 Å². The molecule has 3 rings (SSSR count). The van der Waals surface area contributed by atoms with Crippen molar-refractivity contribution in [3.05, 3.63) is 69.0 Å². The lowest BCUT2D eigenvalue weighted by Gasteiger charge is -2.16. The highest BCUT2D eigenvalue weighted by molar-refractivity contribution is 8.00. The third-order valence-corrected chi connectivity index (χ3v) is 5.79. The molecule has 29 heavy (non-hydrogen) atoms. The van der Waals surface area contributed by atoms with Crippen molar-refractivity contribution < 1.29 is 14.3 Å². The second-order valence-corrected chi connectivity index (χ2v) is 7.98. The number of nitrogens with zero attached hydrogens (tertiary/aromatic N) is 2. The Bertz CT molecular complexity index is 1160. The molecular weight excluding hydrogens is 414 g/mol. The van der Waals surface area contributed by atoms with E-state index >= 15 is 0 Å². The van der Waals surface area contributed by atoms with Gasteiger partial charge in [0.15, 0.2) is 5.16 Å². The monoisotopic (exact) mass is 431 g/mol. The Morgan fingerprint density at radius 1 is 1.28 bits per heavy atom. The van der Waals surface area contributed by atoms with Gasteiger partial charge < -0.3 is 10.5 Å². The summed E-state index contributed by atoms with van der Waals surface area (Å²) in [7, 11) is 1.28. The highest BCUT2D eigenvalue weighted by atomic mass is 35.5. The number of nitrogens with two attached hydrogens (primary N) is 1. The number of hydrogen-bond donors (Lipinski definition) is 1. The Morgan fingerprint density at radius 3 is 2.66 bits per heavy atom. The number of amides is 1. The Labute approximate surface area is 175 Å². The first kappa shape index (κ1) is 20.9. The van der Waals surface area contributed by atoms with Gasteiger partial charge in [-0.05, 0) is 36.8 Å². The Hall–Kier alpha value is -2.84. The van der Waals surface area contributed by atoms with Crippen LogP contribution in [0, 0.1) is 0 Å². The van der Waals surface area contributed by atoms with Gasteiger partial charge >= 0.3 is 5.97 Å². The fraction of sp³-hybridized carbons (Fsp3) is 0.200. The largest absolute Gasteiger partial charge is 0.465 e. The maximum Gasteiger partial charge on any atom is 0.337 e. The second kappa shape index (κ2) is 8.67. The normalized spacial score (nSPS) is 12.0. The van der Waals surface area contributed by atoms with Gasteiger partial charge in [0.05, 0.1) is 35.4 Å². The molecule has 0 saturated carbocycles. The van der Waals surface area contributed by atoms with Gasteiger partial charge in [-0.25, -0.2) is 9.78 Å². The van der Waals surface area contributed by atoms with Crippen LogP contribution in [0.1, 0.15) is 22.8 Å². The highest BCUT2D eigenvalue weighted by Crippen LogP contribution is 2.25. The summed E-state index contributed by atoms with van der Waals surface area (Å²) in [4.78, 5) is 41.1. The molecule has 7 nitrogen and oxygen atoms in total. The molecule has 3 aromatic rings. The fourth-order valence-corrected chi connectivity index (χ4v) is 3.74. The zero-order valence-corrected chi connectivity index (χ0v) is 17.3. The minimum absolute atomic E-state index is 0.175. The first-order chi connectivity index (χ1) is 13.8. The summed E-state index contributed by atoms with van der Waals surface area (Å²) < 4.78 is 6.18. The minimum Gasteiger partial charge on any atom is -0.465 e. The number of aromatic nitrogens is 2. The number of carbonyl (C=O) groups excluding carboxylic acids is 2. The third kappa shape index (κ3) is 4.44. The molecule has 0 unspecified atom stereocenters. The molecule has 1 atom stereocenters. The summed E-state index contributed by atoms with van der Waals surface area (Å²) in [6.07, 6.45) is 0. The van der Waals surface area contributed by atoms with Gasteiger partial charge in [-0.15, -0.1) is 0 Å². The fourth-order valence-electron chi connectivity index (χ4n) is 2.69. The van der Waals surface area contributed by atoms with E-state index in [4.69, 9.17) is 22.1 Å². The van der Waals surface area contributed by atoms with Gasteiger partial charge in [-0.1, -0.05) is 41.6 Å². The van der Waals surface area contributed by atoms with E-state index in [2.05, 4.69) is 4.98 Å². The molecular formula is C20H18ClN3O4S. The average molecular weight is 432 g/mol. The van der Waals surface area contributed by atoms with Crippen LogP contribution in [-0.2, 0) is 16.1 Å². The van der Waals surface area contributed by atoms with Gasteiger partial charge in [0, 0.05) is 5.02 Å². The molecule has 2 aromatic carbocycles. The molecule has 0 aliphatic carbocycles. The van der Waals surface area contributed by atoms with E-state index in [-0.39, 0.29) is 17.7 Å². The maximum atomic E-state index is 13.2. The van der Waals surface area contributed by atoms with Crippen LogP contribution >= 0.6 is 23.4 Å². The van der Waals surface area contributed by atoms with Crippen molar-refractivity contribution in [1.29, 1.82) is 0 Å². The molecule has 1 heterocycles. The Balaban J connectivity index is 2.19. The van der Waals surface area contributed by atoms with Crippen LogP contribution in [0.2, 0.25) is 5.02 Å². The van der Waals surface area contributed by atoms with Crippen LogP contribution < -0.4 is 11.3 Å². The maximum absolute atomic E-state index is 13.2. The molecule has 1 aromatic heterocycles. The lowest BCUT2D eigenvalue weighted by Crippen LogP contribution is -2.27. The van der Waals surface area contributed by atoms with Crippen molar-refractivity contribution >= 4 is 46.1 Å². The van der Waals surface area contributed by atoms with Gasteiger partial charge in [-0.3, -0.25) is 14.2 Å². The molecule has 0 fully saturated rings. The van der Waals surface area contributed by atoms with Crippen LogP contribution in [0.3, 0.4) is 0 Å². The summed E-state index contributed by atoms with van der Waals surface area (Å²) >= 11 is 7.33. The third-order valence-electron chi connectivity index (χ3n) is 4.31. The number of rotatable bonds is 6. The molecule has 0 saturated heterocycles. The highest BCUT2D eigenvalue weighted by Gasteiger charge is 2.19. The van der Waals surface area contributed by atoms with Crippen molar-refractivity contribution in [2.75, 3.05) is 7.11 Å². The molecule has 0 aliphatic rings. The van der Waals surface area contributed by atoms with Gasteiger partial charge in [0.2, 0.25) is 5.91 Å². The van der Waals surface area contributed by atoms with E-state index in [1.165, 1.54) is 29.9 Å². The number of ether oxygens (including phenoxy) is 1. The van der Waals surface area contributed by atoms with Gasteiger partial charge in [0.25, 0.3) is 5.56 Å². The number of methoxy groups -OCH3 is 1. The van der Waals surface area contributed by atoms with Crippen molar-refractivity contribution in [3.63, 3.8) is 0 Å². The number of halogens is 1. The molecule has 0 radical (unpaired) electrons. The van der Waals surface area contributed by atoms with Crippen LogP contribution in [-0.4, -0.2) is 33.8 Å². The van der Waals surface area contributed by atoms with E-state index in [1.807, 2.05) is 12.1 Å². The van der Waals surface area contributed by atoms with Crippen LogP contribution in [0.4, 0.5) is 0 Å². The van der Waals surface area contributed by atoms with E-state index in [1.54, 1.807) is 19.1 Å². The summed E-state index contributed by atoms with van der Waals surface area (Å²) in [5.41, 5.74) is 6.40. The SMILES string of the molecule is COC(=O)c1ccc2c(=O)n(Cc3ccccc3Cl)c(S[C@@H](C)C(N)=O)nc2c1. The zero-order chi connectivity index (χ0) is 21.1. The predicted molar refractivity (Wildman–Crippen MR) is 112 cm³/mol. The summed E-state index contributed by atoms with van der Waals surface area (Å²) in [6.45, 7) is 1.81. The molecule has 1 amide bonds. The zero-order valence-electron chi connectivity index (χ0n) is 15.7. The smallest absolute Gasteiger partial charge is 0.337 e. The number of hydrogen-bond acceptors (Lipinski definition) is 6. The molecule has 2 N–H and O–H groups in total. The number of primary amides is 1. The predicted octanol–water partition coefficient (Wildman–Crippen LogP) is 2.85. The number of esters is 1. The standard InChI is InChI=1S/C20H18ClN3O4S/c1-11(17(22)25)29-20-23-16-9-12(19(27)28-2)7-8-14(16)18(26)24(20)10-13-5-3-4-6-15(13)21/h3-9,11H,10H2,1-2H3,(H2,22,25)/t11-/m0/s1. The number of benzene rings is 2. The van der Waals surface area contributed by atoms with Crippen molar-refractivity contribution in [2.45, 2.75) is 23.9 Å². The van der Waals surface area contributed by atoms with Crippen LogP contribution in [0.15, 0.2) is 52.4 Å². The Morgan fingerprint density at radius 2 is 2.00 bits per heavy atom. The summed E-state index contributed by atoms with van der Waals surface area (Å²) in [5, 5.41) is 0.539. The summed E-state index contributed by atoms with van der Waals surface area (Å²) in [5.74, 6) is -1.06. The topological polar surface area (TPSA) is 104 Å². The van der Waals surface area contributed by atoms with E-state index in [9.17, 15) is 14.4 Å². The van der Waals surface area contributed by atoms with Crippen molar-refractivity contribution in [2.24, 2.45) is 5.73 Å². The van der Waals surface area contributed by atoms with Crippen LogP contribution in [0.25, 0.3) is 10.9 Å². The summed E-state index contributed by atoms with van der Waals surface area (Å²) in [6, 6.07) is 11.7. The molecule has 150 valence electrons. The van der Waals surface area contributed by atoms with Crippen LogP contribution in [0.5, 0.6) is 0 Å². The molecule has 9 heteroatoms. The number of fused-ring (bicyclic) bond motifs is 1. The quantitative estimate of drug-likeness (QED) is 0.365. The molecule has 0 bridgehead atoms. The molecule has 0 aliphatic heterocycles. The van der Waals surface area contributed by atoms with Gasteiger partial charge in [0.1, 0.15) is 0 Å². The van der Waals surface area contributed by atoms with Crippen molar-refractivity contribution in [3.8, 4) is 0 Å². The number of carbonyl (C=O) groups is 2.